The zero-order valence-electron chi connectivity index (χ0n) is 12.6. The van der Waals surface area contributed by atoms with Crippen LogP contribution in [0.15, 0.2) is 0 Å². The van der Waals surface area contributed by atoms with Crippen molar-refractivity contribution in [2.75, 3.05) is 5.73 Å². The fourth-order valence-electron chi connectivity index (χ4n) is 3.86. The quantitative estimate of drug-likeness (QED) is 0.898. The number of hydrogen-bond acceptors (Lipinski definition) is 2. The zero-order chi connectivity index (χ0) is 13.7. The molecule has 1 aromatic heterocycles. The largest absolute Gasteiger partial charge is 0.383 e. The van der Waals surface area contributed by atoms with Gasteiger partial charge >= 0.3 is 0 Å². The van der Waals surface area contributed by atoms with Crippen molar-refractivity contribution in [2.45, 2.75) is 70.6 Å². The Labute approximate surface area is 122 Å². The first kappa shape index (κ1) is 12.7. The Morgan fingerprint density at radius 1 is 1.00 bits per heavy atom. The van der Waals surface area contributed by atoms with Crippen molar-refractivity contribution >= 4 is 5.82 Å². The van der Waals surface area contributed by atoms with Crippen LogP contribution in [0.25, 0.3) is 0 Å². The van der Waals surface area contributed by atoms with E-state index >= 15 is 0 Å². The lowest BCUT2D eigenvalue weighted by molar-refractivity contribution is 0.565. The Morgan fingerprint density at radius 3 is 2.30 bits per heavy atom. The lowest BCUT2D eigenvalue weighted by Crippen LogP contribution is -2.17. The van der Waals surface area contributed by atoms with Gasteiger partial charge in [-0.2, -0.15) is 0 Å². The van der Waals surface area contributed by atoms with Crippen LogP contribution in [-0.4, -0.2) is 4.98 Å². The molecule has 0 amide bonds. The van der Waals surface area contributed by atoms with Crippen LogP contribution in [0.2, 0.25) is 0 Å². The summed E-state index contributed by atoms with van der Waals surface area (Å²) in [5.74, 6) is 3.31. The maximum Gasteiger partial charge on any atom is 0.127 e. The average Bonchev–Trinajstić information content (AvgIpc) is 3.30. The Kier molecular flexibility index (Phi) is 3.01. The second-order valence-electron chi connectivity index (χ2n) is 7.41. The summed E-state index contributed by atoms with van der Waals surface area (Å²) in [5, 5.41) is 0. The van der Waals surface area contributed by atoms with E-state index in [2.05, 4.69) is 6.92 Å². The number of nitrogen functional groups attached to an aromatic ring is 1. The van der Waals surface area contributed by atoms with Crippen LogP contribution < -0.4 is 5.73 Å². The van der Waals surface area contributed by atoms with E-state index in [9.17, 15) is 0 Å². The Hall–Kier alpha value is -1.05. The first-order valence-corrected chi connectivity index (χ1v) is 8.52. The van der Waals surface area contributed by atoms with Gasteiger partial charge in [0.05, 0.1) is 0 Å². The topological polar surface area (TPSA) is 38.9 Å². The molecule has 1 aromatic rings. The minimum Gasteiger partial charge on any atom is -0.383 e. The fraction of sp³-hybridized carbons (Fsp3) is 0.722. The molecule has 0 bridgehead atoms. The number of nitrogens with two attached hydrogens (primary N) is 1. The predicted octanol–water partition coefficient (Wildman–Crippen LogP) is 4.01. The van der Waals surface area contributed by atoms with Crippen molar-refractivity contribution in [1.29, 1.82) is 0 Å². The van der Waals surface area contributed by atoms with Gasteiger partial charge in [0, 0.05) is 5.69 Å². The number of pyridine rings is 1. The number of anilines is 1. The van der Waals surface area contributed by atoms with Gasteiger partial charge in [0.1, 0.15) is 5.82 Å². The molecule has 20 heavy (non-hydrogen) atoms. The average molecular weight is 270 g/mol. The molecule has 0 radical (unpaired) electrons. The number of hydrogen-bond donors (Lipinski definition) is 1. The number of rotatable bonds is 4. The summed E-state index contributed by atoms with van der Waals surface area (Å²) in [6, 6.07) is 0. The van der Waals surface area contributed by atoms with Crippen LogP contribution in [0.3, 0.4) is 0 Å². The minimum absolute atomic E-state index is 0.606. The molecule has 2 heteroatoms. The third kappa shape index (κ3) is 2.34. The summed E-state index contributed by atoms with van der Waals surface area (Å²) in [4.78, 5) is 4.84. The summed E-state index contributed by atoms with van der Waals surface area (Å²) in [6.07, 6.45) is 12.0. The number of nitrogens with zero attached hydrogens (tertiary/aromatic N) is 1. The monoisotopic (exact) mass is 270 g/mol. The molecule has 2 fully saturated rings. The van der Waals surface area contributed by atoms with E-state index in [-0.39, 0.29) is 0 Å². The molecular weight excluding hydrogens is 244 g/mol. The summed E-state index contributed by atoms with van der Waals surface area (Å²) >= 11 is 0. The molecule has 2 N–H and O–H groups in total. The Bertz CT molecular complexity index is 527. The summed E-state index contributed by atoms with van der Waals surface area (Å²) in [6.45, 7) is 2.33. The van der Waals surface area contributed by atoms with E-state index in [1.165, 1.54) is 69.0 Å². The molecular formula is C18H26N2. The maximum atomic E-state index is 6.37. The van der Waals surface area contributed by atoms with E-state index in [1.807, 2.05) is 0 Å². The molecule has 3 aliphatic rings. The number of fused-ring (bicyclic) bond motifs is 1. The number of aromatic nitrogens is 1. The van der Waals surface area contributed by atoms with Gasteiger partial charge in [-0.25, -0.2) is 4.98 Å². The van der Waals surface area contributed by atoms with Gasteiger partial charge < -0.3 is 5.73 Å². The van der Waals surface area contributed by atoms with Crippen LogP contribution in [0.5, 0.6) is 0 Å². The van der Waals surface area contributed by atoms with E-state index in [4.69, 9.17) is 10.7 Å². The van der Waals surface area contributed by atoms with E-state index in [0.717, 1.165) is 17.7 Å². The molecule has 2 nitrogen and oxygen atoms in total. The molecule has 0 aromatic carbocycles. The first-order chi connectivity index (χ1) is 9.72. The van der Waals surface area contributed by atoms with Gasteiger partial charge in [0.15, 0.2) is 0 Å². The second-order valence-corrected chi connectivity index (χ2v) is 7.41. The zero-order valence-corrected chi connectivity index (χ0v) is 12.6. The van der Waals surface area contributed by atoms with Crippen LogP contribution in [-0.2, 0) is 19.3 Å². The molecule has 0 saturated heterocycles. The van der Waals surface area contributed by atoms with Gasteiger partial charge in [-0.15, -0.1) is 0 Å². The molecule has 0 spiro atoms. The molecule has 2 saturated carbocycles. The van der Waals surface area contributed by atoms with Crippen LogP contribution in [0.4, 0.5) is 5.82 Å². The lowest BCUT2D eigenvalue weighted by atomic mass is 9.82. The molecule has 1 unspecified atom stereocenters. The summed E-state index contributed by atoms with van der Waals surface area (Å²) in [5.41, 5.74) is 12.4. The van der Waals surface area contributed by atoms with Gasteiger partial charge in [0.25, 0.3) is 0 Å². The van der Waals surface area contributed by atoms with Crippen LogP contribution >= 0.6 is 0 Å². The molecule has 3 aliphatic carbocycles. The van der Waals surface area contributed by atoms with Crippen LogP contribution in [0.1, 0.15) is 73.8 Å². The van der Waals surface area contributed by atoms with E-state index in [1.54, 1.807) is 11.1 Å². The minimum atomic E-state index is 0.606. The Morgan fingerprint density at radius 2 is 1.65 bits per heavy atom. The van der Waals surface area contributed by atoms with Crippen molar-refractivity contribution in [3.8, 4) is 0 Å². The molecule has 0 aliphatic heterocycles. The van der Waals surface area contributed by atoms with E-state index in [0.29, 0.717) is 5.92 Å². The van der Waals surface area contributed by atoms with Gasteiger partial charge in [-0.05, 0) is 92.2 Å². The Balaban J connectivity index is 1.79. The highest BCUT2D eigenvalue weighted by atomic mass is 14.9. The molecule has 108 valence electrons. The van der Waals surface area contributed by atoms with Crippen molar-refractivity contribution in [2.24, 2.45) is 11.8 Å². The maximum absolute atomic E-state index is 6.37. The standard InChI is InChI=1S/C18H26N2/c1-11-3-2-4-14-15(9-12-5-6-12)16(10-13-7-8-13)18(19)20-17(11)14/h11-13H,2-10H2,1H3,(H2,19,20). The smallest absolute Gasteiger partial charge is 0.127 e. The van der Waals surface area contributed by atoms with Crippen molar-refractivity contribution in [1.82, 2.24) is 4.98 Å². The molecule has 1 heterocycles. The lowest BCUT2D eigenvalue weighted by Gasteiger charge is -2.27. The molecule has 4 rings (SSSR count). The van der Waals surface area contributed by atoms with Crippen molar-refractivity contribution < 1.29 is 0 Å². The molecule has 1 atom stereocenters. The third-order valence-electron chi connectivity index (χ3n) is 5.50. The highest BCUT2D eigenvalue weighted by Gasteiger charge is 2.31. The third-order valence-corrected chi connectivity index (χ3v) is 5.50. The highest BCUT2D eigenvalue weighted by Crippen LogP contribution is 2.42. The van der Waals surface area contributed by atoms with Crippen molar-refractivity contribution in [3.05, 3.63) is 22.4 Å². The SMILES string of the molecule is CC1CCCc2c1nc(N)c(CC1CC1)c2CC1CC1. The van der Waals surface area contributed by atoms with Gasteiger partial charge in [-0.3, -0.25) is 0 Å². The first-order valence-electron chi connectivity index (χ1n) is 8.52. The second kappa shape index (κ2) is 4.75. The summed E-state index contributed by atoms with van der Waals surface area (Å²) < 4.78 is 0. The fourth-order valence-corrected chi connectivity index (χ4v) is 3.86. The highest BCUT2D eigenvalue weighted by molar-refractivity contribution is 5.53. The van der Waals surface area contributed by atoms with E-state index < -0.39 is 0 Å². The normalized spacial score (nSPS) is 25.6. The van der Waals surface area contributed by atoms with Gasteiger partial charge in [0.2, 0.25) is 0 Å². The predicted molar refractivity (Wildman–Crippen MR) is 82.9 cm³/mol. The van der Waals surface area contributed by atoms with Crippen LogP contribution in [0, 0.1) is 11.8 Å². The van der Waals surface area contributed by atoms with Crippen molar-refractivity contribution in [3.63, 3.8) is 0 Å². The summed E-state index contributed by atoms with van der Waals surface area (Å²) in [7, 11) is 0. The van der Waals surface area contributed by atoms with Gasteiger partial charge in [-0.1, -0.05) is 6.92 Å².